The van der Waals surface area contributed by atoms with Crippen LogP contribution < -0.4 is 5.32 Å². The van der Waals surface area contributed by atoms with E-state index < -0.39 is 11.8 Å². The number of halogens is 1. The molecule has 0 aliphatic rings. The number of hydrogen-bond donors (Lipinski definition) is 3. The Morgan fingerprint density at radius 3 is 2.51 bits per heavy atom. The first-order valence-electron chi connectivity index (χ1n) is 12.3. The molecule has 0 spiro atoms. The van der Waals surface area contributed by atoms with Crippen LogP contribution in [0.2, 0.25) is 0 Å². The number of hydrogen-bond acceptors (Lipinski definition) is 5. The van der Waals surface area contributed by atoms with Crippen molar-refractivity contribution in [1.82, 2.24) is 30.0 Å². The van der Waals surface area contributed by atoms with Gasteiger partial charge >= 0.3 is 5.97 Å². The standard InChI is InChI=1S/C29H27FN6O3/c1-29(2,3)21-8-6-17(7-9-21)28(39)31-12-19-5-4-18(10-23(19)30)26-22-11-24(35-27(22)33-16-32-26)20-13-34-36(14-20)15-25(37)38/h4-11,13-14,16H,12,15H2,1-3H3,(H,31,39)(H,37,38)(H,32,33,35). The second kappa shape index (κ2) is 10.1. The molecule has 0 atom stereocenters. The summed E-state index contributed by atoms with van der Waals surface area (Å²) in [5, 5.41) is 16.5. The lowest BCUT2D eigenvalue weighted by atomic mass is 9.87. The molecule has 0 saturated carbocycles. The Labute approximate surface area is 223 Å². The molecule has 10 heteroatoms. The minimum Gasteiger partial charge on any atom is -0.480 e. The van der Waals surface area contributed by atoms with E-state index in [-0.39, 0.29) is 24.4 Å². The van der Waals surface area contributed by atoms with E-state index in [1.807, 2.05) is 18.2 Å². The number of carbonyl (C=O) groups is 2. The number of H-pyrrole nitrogens is 1. The second-order valence-corrected chi connectivity index (χ2v) is 10.3. The molecule has 0 saturated heterocycles. The summed E-state index contributed by atoms with van der Waals surface area (Å²) < 4.78 is 16.4. The Bertz CT molecular complexity index is 1680. The number of rotatable bonds is 7. The molecule has 0 aliphatic heterocycles. The topological polar surface area (TPSA) is 126 Å². The first-order chi connectivity index (χ1) is 18.6. The molecule has 5 rings (SSSR count). The van der Waals surface area contributed by atoms with Crippen molar-refractivity contribution in [1.29, 1.82) is 0 Å². The number of aromatic nitrogens is 5. The number of carboxylic acids is 1. The van der Waals surface area contributed by atoms with Gasteiger partial charge in [0, 0.05) is 40.4 Å². The maximum absolute atomic E-state index is 15.1. The van der Waals surface area contributed by atoms with E-state index in [4.69, 9.17) is 5.11 Å². The zero-order valence-corrected chi connectivity index (χ0v) is 21.7. The number of nitrogens with zero attached hydrogens (tertiary/aromatic N) is 4. The number of carboxylic acid groups (broad SMARTS) is 1. The van der Waals surface area contributed by atoms with E-state index in [1.165, 1.54) is 17.1 Å². The number of benzene rings is 2. The molecule has 0 unspecified atom stereocenters. The summed E-state index contributed by atoms with van der Waals surface area (Å²) in [7, 11) is 0. The third-order valence-corrected chi connectivity index (χ3v) is 6.45. The van der Waals surface area contributed by atoms with Gasteiger partial charge in [-0.2, -0.15) is 5.10 Å². The Morgan fingerprint density at radius 1 is 1.05 bits per heavy atom. The van der Waals surface area contributed by atoms with Crippen LogP contribution in [0.5, 0.6) is 0 Å². The zero-order chi connectivity index (χ0) is 27.7. The maximum atomic E-state index is 15.1. The van der Waals surface area contributed by atoms with E-state index in [9.17, 15) is 9.59 Å². The summed E-state index contributed by atoms with van der Waals surface area (Å²) in [6.45, 7) is 6.11. The monoisotopic (exact) mass is 526 g/mol. The van der Waals surface area contributed by atoms with E-state index in [0.717, 1.165) is 5.56 Å². The lowest BCUT2D eigenvalue weighted by molar-refractivity contribution is -0.137. The summed E-state index contributed by atoms with van der Waals surface area (Å²) in [6, 6.07) is 14.0. The fourth-order valence-electron chi connectivity index (χ4n) is 4.29. The van der Waals surface area contributed by atoms with Crippen LogP contribution in [0.3, 0.4) is 0 Å². The van der Waals surface area contributed by atoms with Crippen LogP contribution in [-0.4, -0.2) is 41.7 Å². The van der Waals surface area contributed by atoms with Gasteiger partial charge in [-0.05, 0) is 35.2 Å². The summed E-state index contributed by atoms with van der Waals surface area (Å²) in [4.78, 5) is 35.4. The number of fused-ring (bicyclic) bond motifs is 1. The van der Waals surface area contributed by atoms with Crippen molar-refractivity contribution in [3.63, 3.8) is 0 Å². The minimum atomic E-state index is -0.991. The molecule has 2 aromatic carbocycles. The summed E-state index contributed by atoms with van der Waals surface area (Å²) >= 11 is 0. The lowest BCUT2D eigenvalue weighted by Crippen LogP contribution is -2.23. The smallest absolute Gasteiger partial charge is 0.325 e. The highest BCUT2D eigenvalue weighted by Gasteiger charge is 2.16. The second-order valence-electron chi connectivity index (χ2n) is 10.3. The van der Waals surface area contributed by atoms with Gasteiger partial charge in [0.1, 0.15) is 24.3 Å². The molecule has 3 N–H and O–H groups in total. The molecule has 39 heavy (non-hydrogen) atoms. The Balaban J connectivity index is 1.33. The summed E-state index contributed by atoms with van der Waals surface area (Å²) in [5.41, 5.74) is 4.99. The van der Waals surface area contributed by atoms with E-state index >= 15 is 4.39 Å². The normalized spacial score (nSPS) is 11.6. The van der Waals surface area contributed by atoms with Gasteiger partial charge in [0.2, 0.25) is 0 Å². The molecule has 3 aromatic heterocycles. The van der Waals surface area contributed by atoms with Crippen molar-refractivity contribution in [3.8, 4) is 22.5 Å². The minimum absolute atomic E-state index is 0.0116. The van der Waals surface area contributed by atoms with Gasteiger partial charge < -0.3 is 15.4 Å². The number of aliphatic carboxylic acids is 1. The maximum Gasteiger partial charge on any atom is 0.325 e. The van der Waals surface area contributed by atoms with Gasteiger partial charge in [-0.3, -0.25) is 14.3 Å². The predicted molar refractivity (Wildman–Crippen MR) is 144 cm³/mol. The van der Waals surface area contributed by atoms with Crippen molar-refractivity contribution < 1.29 is 19.1 Å². The average molecular weight is 527 g/mol. The van der Waals surface area contributed by atoms with Crippen LogP contribution in [0, 0.1) is 5.82 Å². The number of aromatic amines is 1. The van der Waals surface area contributed by atoms with Crippen molar-refractivity contribution in [2.24, 2.45) is 0 Å². The van der Waals surface area contributed by atoms with Gasteiger partial charge in [0.05, 0.1) is 17.6 Å². The van der Waals surface area contributed by atoms with E-state index in [2.05, 4.69) is 46.1 Å². The number of amides is 1. The Morgan fingerprint density at radius 2 is 1.82 bits per heavy atom. The fraction of sp³-hybridized carbons (Fsp3) is 0.207. The van der Waals surface area contributed by atoms with Crippen LogP contribution in [0.4, 0.5) is 4.39 Å². The molecular weight excluding hydrogens is 499 g/mol. The highest BCUT2D eigenvalue weighted by atomic mass is 19.1. The quantitative estimate of drug-likeness (QED) is 0.276. The molecule has 0 radical (unpaired) electrons. The third-order valence-electron chi connectivity index (χ3n) is 6.45. The van der Waals surface area contributed by atoms with E-state index in [0.29, 0.717) is 44.7 Å². The van der Waals surface area contributed by atoms with Crippen LogP contribution >= 0.6 is 0 Å². The highest BCUT2D eigenvalue weighted by molar-refractivity contribution is 5.95. The van der Waals surface area contributed by atoms with Gasteiger partial charge in [-0.15, -0.1) is 0 Å². The van der Waals surface area contributed by atoms with Crippen molar-refractivity contribution in [3.05, 3.63) is 89.8 Å². The predicted octanol–water partition coefficient (Wildman–Crippen LogP) is 4.94. The van der Waals surface area contributed by atoms with Gasteiger partial charge in [0.15, 0.2) is 0 Å². The average Bonchev–Trinajstić information content (AvgIpc) is 3.54. The molecule has 9 nitrogen and oxygen atoms in total. The summed E-state index contributed by atoms with van der Waals surface area (Å²) in [6.07, 6.45) is 4.57. The van der Waals surface area contributed by atoms with Gasteiger partial charge in [-0.1, -0.05) is 45.0 Å². The first kappa shape index (κ1) is 25.8. The fourth-order valence-corrected chi connectivity index (χ4v) is 4.29. The van der Waals surface area contributed by atoms with Gasteiger partial charge in [0.25, 0.3) is 5.91 Å². The van der Waals surface area contributed by atoms with Crippen molar-refractivity contribution in [2.45, 2.75) is 39.3 Å². The van der Waals surface area contributed by atoms with Crippen LogP contribution in [0.15, 0.2) is 67.3 Å². The third kappa shape index (κ3) is 5.54. The molecule has 5 aromatic rings. The van der Waals surface area contributed by atoms with Crippen LogP contribution in [-0.2, 0) is 23.3 Å². The molecule has 0 aliphatic carbocycles. The molecule has 3 heterocycles. The molecule has 0 bridgehead atoms. The van der Waals surface area contributed by atoms with Crippen molar-refractivity contribution >= 4 is 22.9 Å². The van der Waals surface area contributed by atoms with Crippen molar-refractivity contribution in [2.75, 3.05) is 0 Å². The zero-order valence-electron chi connectivity index (χ0n) is 21.7. The molecule has 1 amide bonds. The number of carbonyl (C=O) groups excluding carboxylic acids is 1. The lowest BCUT2D eigenvalue weighted by Gasteiger charge is -2.19. The highest BCUT2D eigenvalue weighted by Crippen LogP contribution is 2.30. The molecular formula is C29H27FN6O3. The number of nitrogens with one attached hydrogen (secondary N) is 2. The molecule has 0 fully saturated rings. The van der Waals surface area contributed by atoms with Gasteiger partial charge in [-0.25, -0.2) is 14.4 Å². The van der Waals surface area contributed by atoms with E-state index in [1.54, 1.807) is 36.7 Å². The van der Waals surface area contributed by atoms with Crippen LogP contribution in [0.25, 0.3) is 33.5 Å². The Hall–Kier alpha value is -4.86. The van der Waals surface area contributed by atoms with Crippen LogP contribution in [0.1, 0.15) is 42.3 Å². The first-order valence-corrected chi connectivity index (χ1v) is 12.3. The Kier molecular flexibility index (Phi) is 6.69. The largest absolute Gasteiger partial charge is 0.480 e. The SMILES string of the molecule is CC(C)(C)c1ccc(C(=O)NCc2ccc(-c3ncnc4[nH]c(-c5cnn(CC(=O)O)c5)cc34)cc2F)cc1. The summed E-state index contributed by atoms with van der Waals surface area (Å²) in [5.74, 6) is -1.73. The molecule has 198 valence electrons.